The molecule has 0 aliphatic heterocycles. The first kappa shape index (κ1) is 18.6. The predicted molar refractivity (Wildman–Crippen MR) is 108 cm³/mol. The van der Waals surface area contributed by atoms with E-state index in [2.05, 4.69) is 34.3 Å². The summed E-state index contributed by atoms with van der Waals surface area (Å²) in [4.78, 5) is 18.7. The van der Waals surface area contributed by atoms with Crippen LogP contribution in [-0.2, 0) is 6.54 Å². The SMILES string of the molecule is CCCCN(C)c1ccc(C(=O)Nc2ccn(Cc3ccncc3)n2)cc1. The molecule has 3 aromatic rings. The van der Waals surface area contributed by atoms with Crippen LogP contribution in [0.2, 0.25) is 0 Å². The van der Waals surface area contributed by atoms with Crippen molar-refractivity contribution in [1.29, 1.82) is 0 Å². The Morgan fingerprint density at radius 3 is 2.56 bits per heavy atom. The molecule has 1 amide bonds. The molecule has 6 nitrogen and oxygen atoms in total. The number of hydrogen-bond acceptors (Lipinski definition) is 4. The number of unbranched alkanes of at least 4 members (excludes halogenated alkanes) is 1. The van der Waals surface area contributed by atoms with Gasteiger partial charge in [0.05, 0.1) is 6.54 Å². The molecule has 0 saturated heterocycles. The lowest BCUT2D eigenvalue weighted by Crippen LogP contribution is -2.18. The number of nitrogens with one attached hydrogen (secondary N) is 1. The van der Waals surface area contributed by atoms with Crippen molar-refractivity contribution in [3.05, 3.63) is 72.2 Å². The molecule has 0 aliphatic carbocycles. The van der Waals surface area contributed by atoms with Crippen LogP contribution in [0.5, 0.6) is 0 Å². The lowest BCUT2D eigenvalue weighted by Gasteiger charge is -2.19. The Bertz CT molecular complexity index is 858. The topological polar surface area (TPSA) is 63.1 Å². The molecule has 2 heterocycles. The van der Waals surface area contributed by atoms with Gasteiger partial charge >= 0.3 is 0 Å². The summed E-state index contributed by atoms with van der Waals surface area (Å²) in [5.74, 6) is 0.380. The van der Waals surface area contributed by atoms with Crippen molar-refractivity contribution < 1.29 is 4.79 Å². The molecule has 0 saturated carbocycles. The van der Waals surface area contributed by atoms with Crippen LogP contribution >= 0.6 is 0 Å². The van der Waals surface area contributed by atoms with Gasteiger partial charge in [0, 0.05) is 49.5 Å². The van der Waals surface area contributed by atoms with E-state index < -0.39 is 0 Å². The van der Waals surface area contributed by atoms with E-state index in [1.54, 1.807) is 23.1 Å². The Morgan fingerprint density at radius 2 is 1.85 bits per heavy atom. The van der Waals surface area contributed by atoms with E-state index >= 15 is 0 Å². The summed E-state index contributed by atoms with van der Waals surface area (Å²) in [6, 6.07) is 13.3. The van der Waals surface area contributed by atoms with Crippen LogP contribution in [0.4, 0.5) is 11.5 Å². The fraction of sp³-hybridized carbons (Fsp3) is 0.286. The molecule has 140 valence electrons. The fourth-order valence-electron chi connectivity index (χ4n) is 2.77. The Morgan fingerprint density at radius 1 is 1.11 bits per heavy atom. The van der Waals surface area contributed by atoms with Crippen molar-refractivity contribution in [2.24, 2.45) is 0 Å². The highest BCUT2D eigenvalue weighted by atomic mass is 16.1. The van der Waals surface area contributed by atoms with Crippen LogP contribution in [0.1, 0.15) is 35.7 Å². The maximum Gasteiger partial charge on any atom is 0.256 e. The number of carbonyl (C=O) groups is 1. The lowest BCUT2D eigenvalue weighted by molar-refractivity contribution is 0.102. The van der Waals surface area contributed by atoms with Crippen LogP contribution in [0.3, 0.4) is 0 Å². The highest BCUT2D eigenvalue weighted by Crippen LogP contribution is 2.15. The largest absolute Gasteiger partial charge is 0.375 e. The molecule has 0 atom stereocenters. The zero-order chi connectivity index (χ0) is 19.1. The van der Waals surface area contributed by atoms with Crippen LogP contribution in [0.25, 0.3) is 0 Å². The van der Waals surface area contributed by atoms with Crippen LogP contribution in [-0.4, -0.2) is 34.3 Å². The average molecular weight is 363 g/mol. The third-order valence-corrected chi connectivity index (χ3v) is 4.39. The summed E-state index contributed by atoms with van der Waals surface area (Å²) in [6.45, 7) is 3.83. The molecular formula is C21H25N5O. The van der Waals surface area contributed by atoms with Gasteiger partial charge in [-0.25, -0.2) is 0 Å². The first-order valence-electron chi connectivity index (χ1n) is 9.20. The van der Waals surface area contributed by atoms with Crippen molar-refractivity contribution in [1.82, 2.24) is 14.8 Å². The van der Waals surface area contributed by atoms with E-state index in [-0.39, 0.29) is 5.91 Å². The number of carbonyl (C=O) groups excluding carboxylic acids is 1. The zero-order valence-electron chi connectivity index (χ0n) is 15.8. The minimum atomic E-state index is -0.160. The average Bonchev–Trinajstić information content (AvgIpc) is 3.13. The summed E-state index contributed by atoms with van der Waals surface area (Å²) in [7, 11) is 2.07. The number of anilines is 2. The van der Waals surface area contributed by atoms with Crippen LogP contribution in [0, 0.1) is 0 Å². The summed E-state index contributed by atoms with van der Waals surface area (Å²) in [5.41, 5.74) is 2.83. The zero-order valence-corrected chi connectivity index (χ0v) is 15.8. The molecule has 1 N–H and O–H groups in total. The van der Waals surface area contributed by atoms with Gasteiger partial charge in [-0.1, -0.05) is 13.3 Å². The normalized spacial score (nSPS) is 10.6. The quantitative estimate of drug-likeness (QED) is 0.661. The minimum absolute atomic E-state index is 0.160. The standard InChI is InChI=1S/C21H25N5O/c1-3-4-14-25(2)19-7-5-18(6-8-19)21(27)23-20-11-15-26(24-20)16-17-9-12-22-13-10-17/h5-13,15H,3-4,14,16H2,1-2H3,(H,23,24,27). The van der Waals surface area contributed by atoms with Gasteiger partial charge in [0.15, 0.2) is 5.82 Å². The summed E-state index contributed by atoms with van der Waals surface area (Å²) in [5, 5.41) is 7.26. The molecule has 6 heteroatoms. The van der Waals surface area contributed by atoms with Crippen LogP contribution < -0.4 is 10.2 Å². The third-order valence-electron chi connectivity index (χ3n) is 4.39. The van der Waals surface area contributed by atoms with E-state index in [0.717, 1.165) is 24.2 Å². The maximum atomic E-state index is 12.5. The van der Waals surface area contributed by atoms with E-state index in [0.29, 0.717) is 17.9 Å². The van der Waals surface area contributed by atoms with E-state index in [4.69, 9.17) is 0 Å². The minimum Gasteiger partial charge on any atom is -0.375 e. The highest BCUT2D eigenvalue weighted by molar-refractivity contribution is 6.03. The predicted octanol–water partition coefficient (Wildman–Crippen LogP) is 3.82. The first-order chi connectivity index (χ1) is 13.2. The van der Waals surface area contributed by atoms with Gasteiger partial charge in [0.1, 0.15) is 0 Å². The third kappa shape index (κ3) is 5.17. The number of nitrogens with zero attached hydrogens (tertiary/aromatic N) is 4. The highest BCUT2D eigenvalue weighted by Gasteiger charge is 2.09. The first-order valence-corrected chi connectivity index (χ1v) is 9.20. The van der Waals surface area contributed by atoms with E-state index in [1.807, 2.05) is 42.6 Å². The maximum absolute atomic E-state index is 12.5. The molecule has 0 aliphatic rings. The monoisotopic (exact) mass is 363 g/mol. The van der Waals surface area contributed by atoms with E-state index in [9.17, 15) is 4.79 Å². The van der Waals surface area contributed by atoms with Crippen molar-refractivity contribution in [2.45, 2.75) is 26.3 Å². The smallest absolute Gasteiger partial charge is 0.256 e. The van der Waals surface area contributed by atoms with Gasteiger partial charge in [0.25, 0.3) is 5.91 Å². The van der Waals surface area contributed by atoms with Gasteiger partial charge in [-0.15, -0.1) is 0 Å². The molecular weight excluding hydrogens is 338 g/mol. The second kappa shape index (κ2) is 8.98. The molecule has 2 aromatic heterocycles. The van der Waals surface area contributed by atoms with Gasteiger partial charge < -0.3 is 10.2 Å². The molecule has 3 rings (SSSR count). The number of hydrogen-bond donors (Lipinski definition) is 1. The molecule has 0 unspecified atom stereocenters. The molecule has 1 aromatic carbocycles. The van der Waals surface area contributed by atoms with Gasteiger partial charge in [0.2, 0.25) is 0 Å². The van der Waals surface area contributed by atoms with E-state index in [1.165, 1.54) is 6.42 Å². The Labute approximate surface area is 159 Å². The number of pyridine rings is 1. The van der Waals surface area contributed by atoms with Crippen molar-refractivity contribution in [3.8, 4) is 0 Å². The lowest BCUT2D eigenvalue weighted by atomic mass is 10.2. The second-order valence-corrected chi connectivity index (χ2v) is 6.53. The number of amides is 1. The van der Waals surface area contributed by atoms with Crippen molar-refractivity contribution in [3.63, 3.8) is 0 Å². The summed E-state index contributed by atoms with van der Waals surface area (Å²) < 4.78 is 1.79. The number of benzene rings is 1. The molecule has 0 bridgehead atoms. The summed E-state index contributed by atoms with van der Waals surface area (Å²) >= 11 is 0. The fourth-order valence-corrected chi connectivity index (χ4v) is 2.77. The Kier molecular flexibility index (Phi) is 6.20. The Hall–Kier alpha value is -3.15. The number of rotatable bonds is 8. The van der Waals surface area contributed by atoms with Crippen LogP contribution in [0.15, 0.2) is 61.1 Å². The molecule has 0 spiro atoms. The number of aromatic nitrogens is 3. The molecule has 0 radical (unpaired) electrons. The van der Waals surface area contributed by atoms with Gasteiger partial charge in [-0.2, -0.15) is 5.10 Å². The summed E-state index contributed by atoms with van der Waals surface area (Å²) in [6.07, 6.45) is 7.68. The Balaban J connectivity index is 1.59. The van der Waals surface area contributed by atoms with Gasteiger partial charge in [-0.05, 0) is 48.4 Å². The van der Waals surface area contributed by atoms with Gasteiger partial charge in [-0.3, -0.25) is 14.5 Å². The van der Waals surface area contributed by atoms with Crippen molar-refractivity contribution in [2.75, 3.05) is 23.8 Å². The van der Waals surface area contributed by atoms with Crippen molar-refractivity contribution >= 4 is 17.4 Å². The second-order valence-electron chi connectivity index (χ2n) is 6.53. The molecule has 27 heavy (non-hydrogen) atoms. The molecule has 0 fully saturated rings.